The van der Waals surface area contributed by atoms with Gasteiger partial charge in [0.05, 0.1) is 11.2 Å². The van der Waals surface area contributed by atoms with Crippen LogP contribution in [0, 0.1) is 0 Å². The highest BCUT2D eigenvalue weighted by atomic mass is 19.4. The van der Waals surface area contributed by atoms with Gasteiger partial charge in [0.1, 0.15) is 0 Å². The monoisotopic (exact) mass is 260 g/mol. The molecular formula is C10H19F3O4. The van der Waals surface area contributed by atoms with Gasteiger partial charge in [-0.15, -0.1) is 0 Å². The number of carboxylic acids is 1. The van der Waals surface area contributed by atoms with Crippen molar-refractivity contribution in [3.05, 3.63) is 0 Å². The molecule has 0 aromatic rings. The van der Waals surface area contributed by atoms with Crippen molar-refractivity contribution in [3.63, 3.8) is 0 Å². The number of carbonyl (C=O) groups is 1. The van der Waals surface area contributed by atoms with E-state index in [0.717, 1.165) is 0 Å². The summed E-state index contributed by atoms with van der Waals surface area (Å²) >= 11 is 0. The molecular weight excluding hydrogens is 241 g/mol. The predicted octanol–water partition coefficient (Wildman–Crippen LogP) is 3.16. The van der Waals surface area contributed by atoms with E-state index in [2.05, 4.69) is 0 Å². The van der Waals surface area contributed by atoms with Crippen LogP contribution in [0.4, 0.5) is 13.2 Å². The Bertz CT molecular complexity index is 221. The largest absolute Gasteiger partial charge is 0.490 e. The van der Waals surface area contributed by atoms with Crippen LogP contribution in [0.2, 0.25) is 0 Å². The summed E-state index contributed by atoms with van der Waals surface area (Å²) in [4.78, 5) is 19.1. The molecule has 0 spiro atoms. The van der Waals surface area contributed by atoms with Crippen molar-refractivity contribution in [1.82, 2.24) is 0 Å². The van der Waals surface area contributed by atoms with E-state index < -0.39 is 12.1 Å². The minimum Gasteiger partial charge on any atom is -0.475 e. The maximum atomic E-state index is 10.6. The molecule has 1 N–H and O–H groups in total. The minimum absolute atomic E-state index is 0.215. The van der Waals surface area contributed by atoms with Gasteiger partial charge in [0.15, 0.2) is 0 Å². The van der Waals surface area contributed by atoms with Gasteiger partial charge in [-0.25, -0.2) is 14.6 Å². The Morgan fingerprint density at radius 3 is 1.12 bits per heavy atom. The molecule has 0 aliphatic heterocycles. The van der Waals surface area contributed by atoms with E-state index in [9.17, 15) is 13.2 Å². The summed E-state index contributed by atoms with van der Waals surface area (Å²) in [7, 11) is 0. The first kappa shape index (κ1) is 18.5. The highest BCUT2D eigenvalue weighted by Crippen LogP contribution is 2.14. The lowest BCUT2D eigenvalue weighted by Crippen LogP contribution is -2.27. The smallest absolute Gasteiger partial charge is 0.475 e. The van der Waals surface area contributed by atoms with Gasteiger partial charge in [0, 0.05) is 0 Å². The second kappa shape index (κ2) is 6.20. The zero-order valence-corrected chi connectivity index (χ0v) is 10.8. The molecule has 0 atom stereocenters. The summed E-state index contributed by atoms with van der Waals surface area (Å²) in [6, 6.07) is 0. The van der Waals surface area contributed by atoms with Crippen LogP contribution in [0.25, 0.3) is 0 Å². The van der Waals surface area contributed by atoms with Crippen molar-refractivity contribution in [2.75, 3.05) is 0 Å². The van der Waals surface area contributed by atoms with E-state index in [4.69, 9.17) is 19.7 Å². The number of hydrogen-bond acceptors (Lipinski definition) is 3. The normalized spacial score (nSPS) is 12.8. The van der Waals surface area contributed by atoms with Gasteiger partial charge in [-0.1, -0.05) is 0 Å². The highest BCUT2D eigenvalue weighted by molar-refractivity contribution is 5.73. The third-order valence-corrected chi connectivity index (χ3v) is 0.784. The second-order valence-electron chi connectivity index (χ2n) is 5.19. The van der Waals surface area contributed by atoms with Crippen molar-refractivity contribution in [1.29, 1.82) is 0 Å². The Morgan fingerprint density at radius 2 is 1.06 bits per heavy atom. The molecule has 0 saturated heterocycles. The zero-order chi connectivity index (χ0) is 14.5. The Kier molecular flexibility index (Phi) is 6.77. The number of halogens is 3. The molecule has 0 rings (SSSR count). The van der Waals surface area contributed by atoms with Gasteiger partial charge >= 0.3 is 12.1 Å². The third-order valence-electron chi connectivity index (χ3n) is 0.784. The van der Waals surface area contributed by atoms with E-state index in [1.54, 1.807) is 0 Å². The average molecular weight is 260 g/mol. The van der Waals surface area contributed by atoms with Crippen LogP contribution in [-0.4, -0.2) is 28.5 Å². The fourth-order valence-electron chi connectivity index (χ4n) is 0.250. The molecule has 0 unspecified atom stereocenters. The Labute approximate surface area is 98.6 Å². The first-order valence-electron chi connectivity index (χ1n) is 4.82. The maximum absolute atomic E-state index is 10.6. The van der Waals surface area contributed by atoms with Gasteiger partial charge in [-0.2, -0.15) is 13.2 Å². The van der Waals surface area contributed by atoms with Crippen molar-refractivity contribution in [3.8, 4) is 0 Å². The predicted molar refractivity (Wildman–Crippen MR) is 55.4 cm³/mol. The average Bonchev–Trinajstić information content (AvgIpc) is 1.97. The van der Waals surface area contributed by atoms with Gasteiger partial charge < -0.3 is 5.11 Å². The van der Waals surface area contributed by atoms with Crippen molar-refractivity contribution in [2.24, 2.45) is 0 Å². The third kappa shape index (κ3) is 17.8. The molecule has 0 saturated carbocycles. The van der Waals surface area contributed by atoms with Crippen molar-refractivity contribution >= 4 is 5.97 Å². The number of aliphatic carboxylic acids is 1. The van der Waals surface area contributed by atoms with Gasteiger partial charge in [0.2, 0.25) is 0 Å². The first-order chi connectivity index (χ1) is 7.15. The lowest BCUT2D eigenvalue weighted by molar-refractivity contribution is -0.393. The molecule has 0 heterocycles. The van der Waals surface area contributed by atoms with Crippen LogP contribution in [0.3, 0.4) is 0 Å². The molecule has 17 heavy (non-hydrogen) atoms. The molecule has 0 bridgehead atoms. The quantitative estimate of drug-likeness (QED) is 0.581. The van der Waals surface area contributed by atoms with Crippen molar-refractivity contribution < 1.29 is 32.8 Å². The summed E-state index contributed by atoms with van der Waals surface area (Å²) in [6.07, 6.45) is -5.08. The topological polar surface area (TPSA) is 55.8 Å². The van der Waals surface area contributed by atoms with Crippen LogP contribution >= 0.6 is 0 Å². The fraction of sp³-hybridized carbons (Fsp3) is 0.900. The molecule has 0 aromatic heterocycles. The van der Waals surface area contributed by atoms with Crippen LogP contribution < -0.4 is 0 Å². The Morgan fingerprint density at radius 1 is 0.882 bits per heavy atom. The second-order valence-corrected chi connectivity index (χ2v) is 5.19. The highest BCUT2D eigenvalue weighted by Gasteiger charge is 2.38. The number of hydrogen-bond donors (Lipinski definition) is 1. The molecule has 0 amide bonds. The SMILES string of the molecule is CC(C)(C)OOC(C)(C)C.O=C(O)C(F)(F)F. The van der Waals surface area contributed by atoms with Crippen LogP contribution in [0.15, 0.2) is 0 Å². The molecule has 0 aliphatic rings. The van der Waals surface area contributed by atoms with Gasteiger partial charge in [-0.3, -0.25) is 0 Å². The lowest BCUT2D eigenvalue weighted by atomic mass is 10.2. The summed E-state index contributed by atoms with van der Waals surface area (Å²) < 4.78 is 31.7. The summed E-state index contributed by atoms with van der Waals surface area (Å²) in [6.45, 7) is 11.7. The molecule has 0 fully saturated rings. The molecule has 4 nitrogen and oxygen atoms in total. The van der Waals surface area contributed by atoms with Crippen LogP contribution in [-0.2, 0) is 14.6 Å². The fourth-order valence-corrected chi connectivity index (χ4v) is 0.250. The summed E-state index contributed by atoms with van der Waals surface area (Å²) in [5, 5.41) is 7.12. The molecule has 0 aliphatic carbocycles. The molecule has 104 valence electrons. The number of rotatable bonds is 1. The number of alkyl halides is 3. The minimum atomic E-state index is -5.08. The number of carboxylic acid groups (broad SMARTS) is 1. The zero-order valence-electron chi connectivity index (χ0n) is 10.8. The van der Waals surface area contributed by atoms with Gasteiger partial charge in [-0.05, 0) is 41.5 Å². The molecule has 0 aromatic carbocycles. The molecule has 7 heteroatoms. The summed E-state index contributed by atoms with van der Waals surface area (Å²) in [5.41, 5.74) is -0.430. The van der Waals surface area contributed by atoms with Crippen LogP contribution in [0.5, 0.6) is 0 Å². The van der Waals surface area contributed by atoms with Crippen LogP contribution in [0.1, 0.15) is 41.5 Å². The maximum Gasteiger partial charge on any atom is 0.490 e. The molecule has 0 radical (unpaired) electrons. The first-order valence-corrected chi connectivity index (χ1v) is 4.82. The van der Waals surface area contributed by atoms with E-state index in [0.29, 0.717) is 0 Å². The van der Waals surface area contributed by atoms with E-state index in [1.807, 2.05) is 41.5 Å². The van der Waals surface area contributed by atoms with E-state index >= 15 is 0 Å². The van der Waals surface area contributed by atoms with E-state index in [-0.39, 0.29) is 11.2 Å². The van der Waals surface area contributed by atoms with E-state index in [1.165, 1.54) is 0 Å². The standard InChI is InChI=1S/C8H18O2.C2HF3O2/c1-7(2,3)9-10-8(4,5)6;3-2(4,5)1(6)7/h1-6H3;(H,6,7). The lowest BCUT2D eigenvalue weighted by Gasteiger charge is -2.24. The summed E-state index contributed by atoms with van der Waals surface area (Å²) in [5.74, 6) is -2.76. The Hall–Kier alpha value is -0.820. The Balaban J connectivity index is 0. The van der Waals surface area contributed by atoms with Crippen molar-refractivity contribution in [2.45, 2.75) is 58.9 Å². The van der Waals surface area contributed by atoms with Gasteiger partial charge in [0.25, 0.3) is 0 Å².